The molecular weight excluding hydrogens is 490 g/mol. The van der Waals surface area contributed by atoms with Crippen LogP contribution in [0, 0.1) is 5.92 Å². The number of pyridine rings is 1. The van der Waals surface area contributed by atoms with Gasteiger partial charge in [-0.25, -0.2) is 9.97 Å². The van der Waals surface area contributed by atoms with Crippen LogP contribution >= 0.6 is 11.6 Å². The van der Waals surface area contributed by atoms with E-state index in [2.05, 4.69) is 30.3 Å². The van der Waals surface area contributed by atoms with Crippen molar-refractivity contribution in [1.82, 2.24) is 15.0 Å². The van der Waals surface area contributed by atoms with Crippen LogP contribution in [0.4, 0.5) is 0 Å². The SMILES string of the molecule is O=C(c1ccccc1)[C@@H]1[C@@H](c2ccc3ccccc3n2)[C@@]12c1ccccc1-c1nc3cc(Cl)ccc3nc12. The molecule has 8 rings (SSSR count). The second kappa shape index (κ2) is 7.80. The topological polar surface area (TPSA) is 55.7 Å². The highest BCUT2D eigenvalue weighted by molar-refractivity contribution is 6.31. The number of halogens is 1. The van der Waals surface area contributed by atoms with Gasteiger partial charge in [0.05, 0.1) is 33.4 Å². The summed E-state index contributed by atoms with van der Waals surface area (Å²) in [6.07, 6.45) is 0. The lowest BCUT2D eigenvalue weighted by atomic mass is 9.89. The zero-order valence-corrected chi connectivity index (χ0v) is 20.9. The monoisotopic (exact) mass is 509 g/mol. The molecule has 2 aliphatic carbocycles. The first kappa shape index (κ1) is 21.7. The average Bonchev–Trinajstić information content (AvgIpc) is 3.59. The normalized spacial score (nSPS) is 21.0. The maximum atomic E-state index is 14.2. The zero-order chi connectivity index (χ0) is 25.4. The van der Waals surface area contributed by atoms with Crippen LogP contribution in [-0.2, 0) is 5.41 Å². The van der Waals surface area contributed by atoms with Gasteiger partial charge in [0.1, 0.15) is 0 Å². The minimum Gasteiger partial charge on any atom is -0.294 e. The van der Waals surface area contributed by atoms with Gasteiger partial charge in [-0.2, -0.15) is 0 Å². The number of para-hydroxylation sites is 1. The Hall–Kier alpha value is -4.41. The lowest BCUT2D eigenvalue weighted by Crippen LogP contribution is -2.16. The molecule has 6 aromatic rings. The molecule has 1 saturated carbocycles. The predicted molar refractivity (Wildman–Crippen MR) is 150 cm³/mol. The van der Waals surface area contributed by atoms with Gasteiger partial charge in [0.2, 0.25) is 0 Å². The number of Topliss-reactive ketones (excluding diaryl/α,β-unsaturated/α-hetero) is 1. The summed E-state index contributed by atoms with van der Waals surface area (Å²) < 4.78 is 0. The lowest BCUT2D eigenvalue weighted by Gasteiger charge is -2.14. The highest BCUT2D eigenvalue weighted by atomic mass is 35.5. The number of aromatic nitrogens is 3. The molecule has 4 nitrogen and oxygen atoms in total. The lowest BCUT2D eigenvalue weighted by molar-refractivity contribution is 0.0958. The van der Waals surface area contributed by atoms with Crippen molar-refractivity contribution in [2.45, 2.75) is 11.3 Å². The number of hydrogen-bond acceptors (Lipinski definition) is 4. The molecule has 1 spiro atoms. The van der Waals surface area contributed by atoms with Crippen LogP contribution in [0.3, 0.4) is 0 Å². The van der Waals surface area contributed by atoms with E-state index in [-0.39, 0.29) is 17.6 Å². The third-order valence-corrected chi connectivity index (χ3v) is 8.37. The summed E-state index contributed by atoms with van der Waals surface area (Å²) in [7, 11) is 0. The summed E-state index contributed by atoms with van der Waals surface area (Å²) in [5.41, 5.74) is 7.17. The van der Waals surface area contributed by atoms with E-state index in [4.69, 9.17) is 26.6 Å². The molecule has 2 heterocycles. The van der Waals surface area contributed by atoms with E-state index in [9.17, 15) is 4.79 Å². The van der Waals surface area contributed by atoms with Crippen LogP contribution in [0.1, 0.15) is 33.2 Å². The van der Waals surface area contributed by atoms with E-state index in [1.54, 1.807) is 0 Å². The molecule has 5 heteroatoms. The van der Waals surface area contributed by atoms with Gasteiger partial charge in [0.15, 0.2) is 5.78 Å². The largest absolute Gasteiger partial charge is 0.294 e. The van der Waals surface area contributed by atoms with Gasteiger partial charge in [-0.15, -0.1) is 0 Å². The van der Waals surface area contributed by atoms with Crippen molar-refractivity contribution >= 4 is 39.3 Å². The van der Waals surface area contributed by atoms with Gasteiger partial charge in [-0.1, -0.05) is 90.5 Å². The fraction of sp³-hybridized carbons (Fsp3) is 0.0909. The highest BCUT2D eigenvalue weighted by Gasteiger charge is 2.74. The Bertz CT molecular complexity index is 1940. The fourth-order valence-corrected chi connectivity index (χ4v) is 6.66. The minimum atomic E-state index is -0.644. The molecule has 180 valence electrons. The Labute approximate surface area is 224 Å². The Kier molecular flexibility index (Phi) is 4.44. The Morgan fingerprint density at radius 1 is 0.711 bits per heavy atom. The Balaban J connectivity index is 1.42. The third-order valence-electron chi connectivity index (χ3n) is 8.13. The van der Waals surface area contributed by atoms with E-state index in [1.807, 2.05) is 78.9 Å². The number of carbonyl (C=O) groups is 1. The number of carbonyl (C=O) groups excluding carboxylic acids is 1. The maximum Gasteiger partial charge on any atom is 0.167 e. The summed E-state index contributed by atoms with van der Waals surface area (Å²) in [6, 6.07) is 35.7. The van der Waals surface area contributed by atoms with Crippen molar-refractivity contribution < 1.29 is 4.79 Å². The Morgan fingerprint density at radius 3 is 2.39 bits per heavy atom. The molecule has 1 fully saturated rings. The maximum absolute atomic E-state index is 14.2. The smallest absolute Gasteiger partial charge is 0.167 e. The minimum absolute atomic E-state index is 0.103. The van der Waals surface area contributed by atoms with Gasteiger partial charge in [-0.3, -0.25) is 9.78 Å². The average molecular weight is 510 g/mol. The van der Waals surface area contributed by atoms with Crippen LogP contribution in [0.15, 0.2) is 109 Å². The quantitative estimate of drug-likeness (QED) is 0.233. The first-order valence-electron chi connectivity index (χ1n) is 12.7. The summed E-state index contributed by atoms with van der Waals surface area (Å²) in [5, 5.41) is 1.70. The second-order valence-corrected chi connectivity index (χ2v) is 10.5. The molecule has 2 aliphatic rings. The van der Waals surface area contributed by atoms with Crippen LogP contribution in [0.25, 0.3) is 33.2 Å². The van der Waals surface area contributed by atoms with Crippen molar-refractivity contribution in [3.8, 4) is 11.3 Å². The zero-order valence-electron chi connectivity index (χ0n) is 20.2. The molecule has 0 radical (unpaired) electrons. The number of hydrogen-bond donors (Lipinski definition) is 0. The summed E-state index contributed by atoms with van der Waals surface area (Å²) >= 11 is 6.30. The van der Waals surface area contributed by atoms with E-state index in [1.165, 1.54) is 0 Å². The number of rotatable bonds is 3. The van der Waals surface area contributed by atoms with Crippen molar-refractivity contribution in [3.05, 3.63) is 137 Å². The van der Waals surface area contributed by atoms with Crippen LogP contribution in [0.5, 0.6) is 0 Å². The van der Waals surface area contributed by atoms with Crippen LogP contribution in [-0.4, -0.2) is 20.7 Å². The molecule has 2 aromatic heterocycles. The van der Waals surface area contributed by atoms with E-state index in [0.717, 1.165) is 50.1 Å². The molecule has 0 N–H and O–H groups in total. The Morgan fingerprint density at radius 2 is 1.50 bits per heavy atom. The molecule has 38 heavy (non-hydrogen) atoms. The van der Waals surface area contributed by atoms with Crippen molar-refractivity contribution in [3.63, 3.8) is 0 Å². The molecule has 0 unspecified atom stereocenters. The van der Waals surface area contributed by atoms with Crippen LogP contribution in [0.2, 0.25) is 5.02 Å². The molecule has 0 saturated heterocycles. The van der Waals surface area contributed by atoms with Crippen molar-refractivity contribution in [2.24, 2.45) is 5.92 Å². The van der Waals surface area contributed by atoms with E-state index < -0.39 is 5.41 Å². The molecular formula is C33H20ClN3O. The number of ketones is 1. The molecule has 0 amide bonds. The highest BCUT2D eigenvalue weighted by Crippen LogP contribution is 2.74. The standard InChI is InChI=1S/C33H20ClN3O/c34-21-15-17-25-27(18-21)36-30-22-11-5-6-12-23(22)33(32(30)37-25)28(29(33)31(38)20-9-2-1-3-10-20)26-16-14-19-8-4-7-13-24(19)35-26/h1-18,28-29H/t28-,29+,33+/m1/s1. The van der Waals surface area contributed by atoms with Gasteiger partial charge in [0.25, 0.3) is 0 Å². The van der Waals surface area contributed by atoms with Crippen molar-refractivity contribution in [2.75, 3.05) is 0 Å². The first-order valence-corrected chi connectivity index (χ1v) is 13.1. The number of fused-ring (bicyclic) bond motifs is 7. The third kappa shape index (κ3) is 2.86. The summed E-state index contributed by atoms with van der Waals surface area (Å²) in [4.78, 5) is 29.6. The van der Waals surface area contributed by atoms with E-state index >= 15 is 0 Å². The van der Waals surface area contributed by atoms with Gasteiger partial charge >= 0.3 is 0 Å². The summed E-state index contributed by atoms with van der Waals surface area (Å²) in [6.45, 7) is 0. The van der Waals surface area contributed by atoms with Gasteiger partial charge < -0.3 is 0 Å². The molecule has 0 bridgehead atoms. The van der Waals surface area contributed by atoms with Crippen LogP contribution < -0.4 is 0 Å². The summed E-state index contributed by atoms with van der Waals surface area (Å²) in [5.74, 6) is -0.410. The fourth-order valence-electron chi connectivity index (χ4n) is 6.50. The predicted octanol–water partition coefficient (Wildman–Crippen LogP) is 7.39. The molecule has 3 atom stereocenters. The van der Waals surface area contributed by atoms with Crippen molar-refractivity contribution in [1.29, 1.82) is 0 Å². The van der Waals surface area contributed by atoms with Gasteiger partial charge in [0, 0.05) is 39.1 Å². The number of nitrogens with zero attached hydrogens (tertiary/aromatic N) is 3. The second-order valence-electron chi connectivity index (χ2n) is 10.1. The number of benzene rings is 4. The molecule has 0 aliphatic heterocycles. The van der Waals surface area contributed by atoms with Gasteiger partial charge in [-0.05, 0) is 35.9 Å². The first-order chi connectivity index (χ1) is 18.7. The molecule has 4 aromatic carbocycles. The van der Waals surface area contributed by atoms with E-state index in [0.29, 0.717) is 10.6 Å².